The van der Waals surface area contributed by atoms with Gasteiger partial charge >= 0.3 is 6.01 Å². The summed E-state index contributed by atoms with van der Waals surface area (Å²) in [6, 6.07) is -0.00613. The van der Waals surface area contributed by atoms with Gasteiger partial charge in [-0.2, -0.15) is 4.98 Å². The van der Waals surface area contributed by atoms with Crippen LogP contribution < -0.4 is 11.1 Å². The summed E-state index contributed by atoms with van der Waals surface area (Å²) >= 11 is 1.35. The van der Waals surface area contributed by atoms with Gasteiger partial charge in [0.25, 0.3) is 5.91 Å². The predicted molar refractivity (Wildman–Crippen MR) is 63.9 cm³/mol. The average molecular weight is 252 g/mol. The zero-order valence-electron chi connectivity index (χ0n) is 9.43. The molecule has 1 unspecified atom stereocenters. The Bertz CT molecular complexity index is 532. The lowest BCUT2D eigenvalue weighted by molar-refractivity contribution is 0.102. The van der Waals surface area contributed by atoms with Crippen LogP contribution >= 0.6 is 11.3 Å². The maximum atomic E-state index is 11.8. The number of thiazole rings is 1. The van der Waals surface area contributed by atoms with Gasteiger partial charge in [-0.3, -0.25) is 10.1 Å². The third kappa shape index (κ3) is 2.69. The summed E-state index contributed by atoms with van der Waals surface area (Å²) in [4.78, 5) is 19.8. The highest BCUT2D eigenvalue weighted by molar-refractivity contribution is 7.09. The highest BCUT2D eigenvalue weighted by atomic mass is 32.1. The third-order valence-corrected chi connectivity index (χ3v) is 3.03. The molecule has 0 fully saturated rings. The molecule has 0 aliphatic carbocycles. The average Bonchev–Trinajstić information content (AvgIpc) is 2.86. The Kier molecular flexibility index (Phi) is 3.21. The van der Waals surface area contributed by atoms with E-state index in [2.05, 4.69) is 15.3 Å². The predicted octanol–water partition coefficient (Wildman–Crippen LogP) is 1.71. The number of aryl methyl sites for hydroxylation is 1. The molecular formula is C10H12N4O2S. The first-order valence-electron chi connectivity index (χ1n) is 5.00. The van der Waals surface area contributed by atoms with Crippen molar-refractivity contribution in [3.05, 3.63) is 28.0 Å². The normalized spacial score (nSPS) is 12.4. The van der Waals surface area contributed by atoms with Gasteiger partial charge in [-0.1, -0.05) is 0 Å². The summed E-state index contributed by atoms with van der Waals surface area (Å²) in [6.07, 6.45) is 1.46. The fourth-order valence-electron chi connectivity index (χ4n) is 1.17. The molecule has 1 amide bonds. The number of carbonyl (C=O) groups is 1. The molecule has 6 nitrogen and oxygen atoms in total. The quantitative estimate of drug-likeness (QED) is 0.867. The van der Waals surface area contributed by atoms with Gasteiger partial charge in [-0.05, 0) is 13.8 Å². The molecule has 0 saturated heterocycles. The molecule has 2 aromatic rings. The van der Waals surface area contributed by atoms with Crippen molar-refractivity contribution in [1.82, 2.24) is 9.97 Å². The molecule has 17 heavy (non-hydrogen) atoms. The number of nitrogens with one attached hydrogen (secondary N) is 1. The fourth-order valence-corrected chi connectivity index (χ4v) is 1.93. The van der Waals surface area contributed by atoms with Crippen molar-refractivity contribution in [2.75, 3.05) is 5.32 Å². The zero-order valence-corrected chi connectivity index (χ0v) is 10.2. The van der Waals surface area contributed by atoms with Gasteiger partial charge in [0.2, 0.25) is 0 Å². The topological polar surface area (TPSA) is 94.0 Å². The monoisotopic (exact) mass is 252 g/mol. The summed E-state index contributed by atoms with van der Waals surface area (Å²) < 4.78 is 5.02. The Morgan fingerprint density at radius 2 is 2.35 bits per heavy atom. The smallest absolute Gasteiger partial charge is 0.301 e. The Hall–Kier alpha value is -1.73. The Balaban J connectivity index is 2.09. The maximum Gasteiger partial charge on any atom is 0.301 e. The third-order valence-electron chi connectivity index (χ3n) is 1.98. The molecule has 1 atom stereocenters. The molecule has 2 aromatic heterocycles. The van der Waals surface area contributed by atoms with Gasteiger partial charge in [0, 0.05) is 5.38 Å². The van der Waals surface area contributed by atoms with E-state index in [4.69, 9.17) is 10.2 Å². The van der Waals surface area contributed by atoms with E-state index in [0.29, 0.717) is 11.4 Å². The summed E-state index contributed by atoms with van der Waals surface area (Å²) in [5.41, 5.74) is 6.69. The van der Waals surface area contributed by atoms with Gasteiger partial charge in [-0.25, -0.2) is 4.98 Å². The minimum Gasteiger partial charge on any atom is -0.432 e. The van der Waals surface area contributed by atoms with E-state index in [0.717, 1.165) is 5.01 Å². The van der Waals surface area contributed by atoms with Crippen LogP contribution in [0, 0.1) is 6.92 Å². The van der Waals surface area contributed by atoms with E-state index in [1.54, 1.807) is 12.3 Å². The van der Waals surface area contributed by atoms with Crippen molar-refractivity contribution in [1.29, 1.82) is 0 Å². The van der Waals surface area contributed by atoms with Crippen molar-refractivity contribution >= 4 is 23.3 Å². The molecule has 0 spiro atoms. The SMILES string of the molecule is Cc1coc(NC(=O)c2csc(C(C)N)n2)n1. The van der Waals surface area contributed by atoms with Crippen molar-refractivity contribution in [3.8, 4) is 0 Å². The van der Waals surface area contributed by atoms with Crippen molar-refractivity contribution < 1.29 is 9.21 Å². The molecular weight excluding hydrogens is 240 g/mol. The molecule has 7 heteroatoms. The molecule has 0 saturated carbocycles. The first kappa shape index (κ1) is 11.7. The van der Waals surface area contributed by atoms with Crippen molar-refractivity contribution in [2.24, 2.45) is 5.73 Å². The number of carbonyl (C=O) groups excluding carboxylic acids is 1. The van der Waals surface area contributed by atoms with E-state index in [1.807, 2.05) is 6.92 Å². The molecule has 0 aromatic carbocycles. The maximum absolute atomic E-state index is 11.8. The van der Waals surface area contributed by atoms with E-state index in [9.17, 15) is 4.79 Å². The number of hydrogen-bond acceptors (Lipinski definition) is 6. The lowest BCUT2D eigenvalue weighted by atomic mass is 10.4. The van der Waals surface area contributed by atoms with Crippen LogP contribution in [-0.4, -0.2) is 15.9 Å². The van der Waals surface area contributed by atoms with Crippen LogP contribution in [0.25, 0.3) is 0 Å². The van der Waals surface area contributed by atoms with Crippen LogP contribution in [0.15, 0.2) is 16.1 Å². The van der Waals surface area contributed by atoms with Crippen LogP contribution in [0.2, 0.25) is 0 Å². The molecule has 3 N–H and O–H groups in total. The number of nitrogens with two attached hydrogens (primary N) is 1. The van der Waals surface area contributed by atoms with Crippen LogP contribution in [0.4, 0.5) is 6.01 Å². The molecule has 2 heterocycles. The zero-order chi connectivity index (χ0) is 12.4. The van der Waals surface area contributed by atoms with E-state index < -0.39 is 0 Å². The van der Waals surface area contributed by atoms with Crippen LogP contribution in [0.3, 0.4) is 0 Å². The Labute approximate surface area is 102 Å². The second kappa shape index (κ2) is 4.64. The van der Waals surface area contributed by atoms with Crippen LogP contribution in [0.5, 0.6) is 0 Å². The minimum absolute atomic E-state index is 0.169. The lowest BCUT2D eigenvalue weighted by Crippen LogP contribution is -2.13. The summed E-state index contributed by atoms with van der Waals surface area (Å²) in [6.45, 7) is 3.59. The number of hydrogen-bond donors (Lipinski definition) is 2. The summed E-state index contributed by atoms with van der Waals surface area (Å²) in [5, 5.41) is 4.90. The standard InChI is InChI=1S/C10H12N4O2S/c1-5-3-16-10(12-5)14-8(15)7-4-17-9(13-7)6(2)11/h3-4,6H,11H2,1-2H3,(H,12,14,15). The van der Waals surface area contributed by atoms with Gasteiger partial charge in [0.1, 0.15) is 17.0 Å². The molecule has 0 radical (unpaired) electrons. The number of rotatable bonds is 3. The van der Waals surface area contributed by atoms with Crippen molar-refractivity contribution in [3.63, 3.8) is 0 Å². The first-order valence-corrected chi connectivity index (χ1v) is 5.88. The number of oxazole rings is 1. The van der Waals surface area contributed by atoms with E-state index >= 15 is 0 Å². The second-order valence-electron chi connectivity index (χ2n) is 3.61. The van der Waals surface area contributed by atoms with Gasteiger partial charge in [0.15, 0.2) is 0 Å². The molecule has 0 bridgehead atoms. The Morgan fingerprint density at radius 1 is 1.59 bits per heavy atom. The summed E-state index contributed by atoms with van der Waals surface area (Å²) in [5.74, 6) is -0.352. The first-order chi connectivity index (χ1) is 8.06. The van der Waals surface area contributed by atoms with Crippen molar-refractivity contribution in [2.45, 2.75) is 19.9 Å². The molecule has 90 valence electrons. The number of amides is 1. The number of aromatic nitrogens is 2. The largest absolute Gasteiger partial charge is 0.432 e. The van der Waals surface area contributed by atoms with Gasteiger partial charge < -0.3 is 10.2 Å². The lowest BCUT2D eigenvalue weighted by Gasteiger charge is -1.98. The molecule has 0 aliphatic heterocycles. The minimum atomic E-state index is -0.352. The molecule has 0 aliphatic rings. The highest BCUT2D eigenvalue weighted by Crippen LogP contribution is 2.16. The fraction of sp³-hybridized carbons (Fsp3) is 0.300. The van der Waals surface area contributed by atoms with Gasteiger partial charge in [0.05, 0.1) is 11.7 Å². The van der Waals surface area contributed by atoms with E-state index in [1.165, 1.54) is 17.6 Å². The highest BCUT2D eigenvalue weighted by Gasteiger charge is 2.14. The number of anilines is 1. The second-order valence-corrected chi connectivity index (χ2v) is 4.50. The molecule has 2 rings (SSSR count). The van der Waals surface area contributed by atoms with Gasteiger partial charge in [-0.15, -0.1) is 11.3 Å². The Morgan fingerprint density at radius 3 is 2.88 bits per heavy atom. The summed E-state index contributed by atoms with van der Waals surface area (Å²) in [7, 11) is 0. The number of nitrogens with zero attached hydrogens (tertiary/aromatic N) is 2. The van der Waals surface area contributed by atoms with E-state index in [-0.39, 0.29) is 18.0 Å². The van der Waals surface area contributed by atoms with Crippen LogP contribution in [-0.2, 0) is 0 Å². The van der Waals surface area contributed by atoms with Crippen LogP contribution in [0.1, 0.15) is 34.2 Å².